The van der Waals surface area contributed by atoms with Crippen molar-refractivity contribution >= 4 is 11.9 Å². The van der Waals surface area contributed by atoms with E-state index in [2.05, 4.69) is 55.6 Å². The van der Waals surface area contributed by atoms with Crippen LogP contribution in [0.25, 0.3) is 0 Å². The van der Waals surface area contributed by atoms with Gasteiger partial charge in [0, 0.05) is 12.8 Å². The van der Waals surface area contributed by atoms with Gasteiger partial charge in [-0.3, -0.25) is 9.59 Å². The van der Waals surface area contributed by atoms with Crippen molar-refractivity contribution in [2.75, 3.05) is 13.2 Å². The first kappa shape index (κ1) is 72.8. The minimum absolute atomic E-state index is 0.00993. The second-order valence-electron chi connectivity index (χ2n) is 22.8. The quantitative estimate of drug-likeness (QED) is 0.0320. The van der Waals surface area contributed by atoms with Gasteiger partial charge >= 0.3 is 5.97 Å². The van der Waals surface area contributed by atoms with Crippen LogP contribution in [0.4, 0.5) is 0 Å². The van der Waals surface area contributed by atoms with Crippen LogP contribution in [0.3, 0.4) is 0 Å². The molecule has 2 atom stereocenters. The molecule has 0 radical (unpaired) electrons. The largest absolute Gasteiger partial charge is 0.466 e. The van der Waals surface area contributed by atoms with Gasteiger partial charge in [0.15, 0.2) is 0 Å². The zero-order valence-corrected chi connectivity index (χ0v) is 50.3. The number of hydrogen-bond acceptors (Lipinski definition) is 5. The highest BCUT2D eigenvalue weighted by molar-refractivity contribution is 5.76. The van der Waals surface area contributed by atoms with Crippen molar-refractivity contribution in [2.24, 2.45) is 0 Å². The lowest BCUT2D eigenvalue weighted by atomic mass is 10.0. The highest BCUT2D eigenvalue weighted by atomic mass is 16.5. The van der Waals surface area contributed by atoms with Crippen LogP contribution in [-0.4, -0.2) is 47.4 Å². The maximum atomic E-state index is 12.4. The molecule has 3 N–H and O–H groups in total. The lowest BCUT2D eigenvalue weighted by molar-refractivity contribution is -0.143. The molecule has 0 spiro atoms. The predicted molar refractivity (Wildman–Crippen MR) is 329 cm³/mol. The Bertz CT molecular complexity index is 1260. The van der Waals surface area contributed by atoms with Gasteiger partial charge in [-0.1, -0.05) is 300 Å². The number of ether oxygens (including phenoxy) is 1. The summed E-state index contributed by atoms with van der Waals surface area (Å²) in [6.45, 7) is 4.86. The minimum Gasteiger partial charge on any atom is -0.466 e. The van der Waals surface area contributed by atoms with Gasteiger partial charge in [0.1, 0.15) is 0 Å². The Labute approximate surface area is 467 Å². The molecule has 0 aliphatic heterocycles. The van der Waals surface area contributed by atoms with Gasteiger partial charge in [0.05, 0.1) is 25.4 Å². The molecule has 0 fully saturated rings. The molecule has 0 aliphatic carbocycles. The number of rotatable bonds is 62. The van der Waals surface area contributed by atoms with E-state index >= 15 is 0 Å². The summed E-state index contributed by atoms with van der Waals surface area (Å²) in [6.07, 6.45) is 83.4. The molecular formula is C69H129NO5. The molecule has 0 heterocycles. The molecule has 0 aromatic heterocycles. The van der Waals surface area contributed by atoms with Crippen LogP contribution in [0.2, 0.25) is 0 Å². The van der Waals surface area contributed by atoms with Crippen molar-refractivity contribution in [3.63, 3.8) is 0 Å². The zero-order valence-electron chi connectivity index (χ0n) is 50.3. The summed E-state index contributed by atoms with van der Waals surface area (Å²) < 4.78 is 5.50. The number of hydrogen-bond donors (Lipinski definition) is 3. The van der Waals surface area contributed by atoms with E-state index in [1.807, 2.05) is 6.08 Å². The van der Waals surface area contributed by atoms with Crippen LogP contribution in [0.15, 0.2) is 48.6 Å². The second-order valence-corrected chi connectivity index (χ2v) is 22.8. The van der Waals surface area contributed by atoms with Gasteiger partial charge < -0.3 is 20.3 Å². The number of aliphatic hydroxyl groups excluding tert-OH is 2. The van der Waals surface area contributed by atoms with E-state index in [0.29, 0.717) is 19.4 Å². The molecule has 0 bridgehead atoms. The topological polar surface area (TPSA) is 95.9 Å². The predicted octanol–water partition coefficient (Wildman–Crippen LogP) is 21.3. The molecule has 440 valence electrons. The maximum absolute atomic E-state index is 12.4. The van der Waals surface area contributed by atoms with E-state index in [0.717, 1.165) is 51.4 Å². The average Bonchev–Trinajstić information content (AvgIpc) is 3.41. The third-order valence-electron chi connectivity index (χ3n) is 15.3. The summed E-state index contributed by atoms with van der Waals surface area (Å²) in [7, 11) is 0. The molecule has 0 aromatic carbocycles. The fraction of sp³-hybridized carbons (Fsp3) is 0.855. The van der Waals surface area contributed by atoms with Crippen molar-refractivity contribution in [3.8, 4) is 0 Å². The lowest BCUT2D eigenvalue weighted by Crippen LogP contribution is -2.45. The van der Waals surface area contributed by atoms with Crippen LogP contribution in [-0.2, 0) is 14.3 Å². The summed E-state index contributed by atoms with van der Waals surface area (Å²) in [5.41, 5.74) is 0. The summed E-state index contributed by atoms with van der Waals surface area (Å²) in [5, 5.41) is 23.0. The Morgan fingerprint density at radius 2 is 0.667 bits per heavy atom. The Kier molecular flexibility index (Phi) is 62.5. The van der Waals surface area contributed by atoms with Crippen LogP contribution < -0.4 is 5.32 Å². The van der Waals surface area contributed by atoms with E-state index in [-0.39, 0.29) is 18.5 Å². The first-order valence-corrected chi connectivity index (χ1v) is 33.4. The highest BCUT2D eigenvalue weighted by Crippen LogP contribution is 2.17. The number of amides is 1. The molecule has 0 aliphatic rings. The minimum atomic E-state index is -0.840. The number of nitrogens with one attached hydrogen (secondary N) is 1. The van der Waals surface area contributed by atoms with E-state index in [1.165, 1.54) is 276 Å². The van der Waals surface area contributed by atoms with E-state index in [9.17, 15) is 19.8 Å². The number of esters is 1. The van der Waals surface area contributed by atoms with Crippen LogP contribution in [0, 0.1) is 0 Å². The number of carbonyl (C=O) groups excluding carboxylic acids is 2. The van der Waals surface area contributed by atoms with Gasteiger partial charge in [0.2, 0.25) is 5.91 Å². The molecule has 2 unspecified atom stereocenters. The van der Waals surface area contributed by atoms with Gasteiger partial charge in [-0.2, -0.15) is 0 Å². The van der Waals surface area contributed by atoms with Gasteiger partial charge in [-0.25, -0.2) is 0 Å². The van der Waals surface area contributed by atoms with E-state index < -0.39 is 12.1 Å². The number of aliphatic hydroxyl groups is 2. The third-order valence-corrected chi connectivity index (χ3v) is 15.3. The van der Waals surface area contributed by atoms with Gasteiger partial charge in [-0.15, -0.1) is 0 Å². The number of unbranched alkanes of at least 4 members (excludes halogenated alkanes) is 45. The molecule has 0 rings (SSSR count). The number of allylic oxidation sites excluding steroid dienone is 7. The van der Waals surface area contributed by atoms with Crippen molar-refractivity contribution in [1.82, 2.24) is 5.32 Å². The summed E-state index contributed by atoms with van der Waals surface area (Å²) in [5.74, 6) is -0.0576. The van der Waals surface area contributed by atoms with Crippen molar-refractivity contribution in [2.45, 2.75) is 366 Å². The maximum Gasteiger partial charge on any atom is 0.305 e. The molecule has 0 saturated carbocycles. The normalized spacial score (nSPS) is 12.9. The summed E-state index contributed by atoms with van der Waals surface area (Å²) >= 11 is 0. The smallest absolute Gasteiger partial charge is 0.305 e. The lowest BCUT2D eigenvalue weighted by Gasteiger charge is -2.20. The Balaban J connectivity index is 3.34. The van der Waals surface area contributed by atoms with Crippen LogP contribution in [0.5, 0.6) is 0 Å². The van der Waals surface area contributed by atoms with E-state index in [4.69, 9.17) is 4.74 Å². The van der Waals surface area contributed by atoms with E-state index in [1.54, 1.807) is 6.08 Å². The van der Waals surface area contributed by atoms with Crippen LogP contribution >= 0.6 is 0 Å². The van der Waals surface area contributed by atoms with Crippen molar-refractivity contribution in [1.29, 1.82) is 0 Å². The fourth-order valence-electron chi connectivity index (χ4n) is 10.2. The number of carbonyl (C=O) groups is 2. The fourth-order valence-corrected chi connectivity index (χ4v) is 10.2. The first-order valence-electron chi connectivity index (χ1n) is 33.4. The SMILES string of the molecule is CCCCC/C=C\C/C=C\CCCCCCCCCC(=O)OCCCCCCCCCCCCCC/C=C\CCCCCCCCCCCCCCCCCCC(=O)NC(CO)C(O)/C=C/CCCCCCCCC. The third kappa shape index (κ3) is 60.9. The molecule has 0 aromatic rings. The van der Waals surface area contributed by atoms with Gasteiger partial charge in [0.25, 0.3) is 0 Å². The average molecular weight is 1050 g/mol. The highest BCUT2D eigenvalue weighted by Gasteiger charge is 2.18. The molecule has 0 saturated heterocycles. The standard InChI is InChI=1S/C69H129NO5/c1-3-5-7-9-11-13-14-15-16-33-37-40-43-47-51-55-59-63-69(74)75-64-60-56-52-48-44-41-38-35-32-30-28-26-24-22-20-18-17-19-21-23-25-27-29-31-34-36-39-42-46-50-54-58-62-68(73)70-66(65-71)67(72)61-57-53-49-45-12-10-8-6-4-2/h11,13,15-16,20,22,57,61,66-67,71-72H,3-10,12,14,17-19,21,23-56,58-60,62-65H2,1-2H3,(H,70,73)/b13-11-,16-15-,22-20-,61-57+. The Morgan fingerprint density at radius 1 is 0.373 bits per heavy atom. The summed E-state index contributed by atoms with van der Waals surface area (Å²) in [6, 6.07) is -0.624. The zero-order chi connectivity index (χ0) is 54.3. The molecule has 75 heavy (non-hydrogen) atoms. The molecule has 6 nitrogen and oxygen atoms in total. The Morgan fingerprint density at radius 3 is 1.05 bits per heavy atom. The second kappa shape index (κ2) is 64.3. The molecule has 1 amide bonds. The Hall–Kier alpha value is -2.18. The summed E-state index contributed by atoms with van der Waals surface area (Å²) in [4.78, 5) is 24.5. The van der Waals surface area contributed by atoms with Crippen molar-refractivity contribution in [3.05, 3.63) is 48.6 Å². The van der Waals surface area contributed by atoms with Crippen molar-refractivity contribution < 1.29 is 24.5 Å². The monoisotopic (exact) mass is 1050 g/mol. The van der Waals surface area contributed by atoms with Crippen LogP contribution in [0.1, 0.15) is 354 Å². The molecular weight excluding hydrogens is 923 g/mol. The molecule has 6 heteroatoms. The van der Waals surface area contributed by atoms with Gasteiger partial charge in [-0.05, 0) is 89.9 Å². The first-order chi connectivity index (χ1) is 37.0.